The first-order valence-corrected chi connectivity index (χ1v) is 11.7. The lowest BCUT2D eigenvalue weighted by atomic mass is 9.76. The molecule has 1 spiro atoms. The molecule has 162 valence electrons. The minimum atomic E-state index is -0.216. The Labute approximate surface area is 178 Å². The fourth-order valence-corrected chi connectivity index (χ4v) is 5.35. The van der Waals surface area contributed by atoms with E-state index in [4.69, 9.17) is 4.74 Å². The average molecular weight is 412 g/mol. The Morgan fingerprint density at radius 3 is 2.53 bits per heavy atom. The number of piperidine rings is 1. The maximum Gasteiger partial charge on any atom is 0.236 e. The number of fused-ring (bicyclic) bond motifs is 1. The number of nitrogens with one attached hydrogen (secondary N) is 1. The van der Waals surface area contributed by atoms with E-state index in [1.54, 1.807) is 0 Å². The van der Waals surface area contributed by atoms with Gasteiger partial charge in [-0.1, -0.05) is 18.2 Å². The molecule has 30 heavy (non-hydrogen) atoms. The van der Waals surface area contributed by atoms with Crippen LogP contribution in [0.25, 0.3) is 0 Å². The molecule has 6 heteroatoms. The van der Waals surface area contributed by atoms with Crippen molar-refractivity contribution >= 4 is 11.8 Å². The van der Waals surface area contributed by atoms with E-state index >= 15 is 0 Å². The summed E-state index contributed by atoms with van der Waals surface area (Å²) in [5, 5.41) is 3.15. The van der Waals surface area contributed by atoms with E-state index in [1.165, 1.54) is 5.56 Å². The van der Waals surface area contributed by atoms with E-state index in [1.807, 2.05) is 23.1 Å². The summed E-state index contributed by atoms with van der Waals surface area (Å²) in [5.74, 6) is 1.58. The minimum absolute atomic E-state index is 0.169. The molecule has 1 aromatic rings. The second-order valence-electron chi connectivity index (χ2n) is 9.63. The second kappa shape index (κ2) is 8.22. The largest absolute Gasteiger partial charge is 0.487 e. The smallest absolute Gasteiger partial charge is 0.236 e. The van der Waals surface area contributed by atoms with Crippen LogP contribution in [-0.2, 0) is 9.59 Å². The van der Waals surface area contributed by atoms with Crippen LogP contribution in [0.5, 0.6) is 5.75 Å². The zero-order valence-corrected chi connectivity index (χ0v) is 17.8. The van der Waals surface area contributed by atoms with Gasteiger partial charge in [-0.05, 0) is 56.6 Å². The molecule has 1 atom stereocenters. The van der Waals surface area contributed by atoms with Crippen molar-refractivity contribution in [1.82, 2.24) is 15.1 Å². The molecule has 1 N–H and O–H groups in total. The van der Waals surface area contributed by atoms with Crippen LogP contribution in [0.1, 0.15) is 62.8 Å². The van der Waals surface area contributed by atoms with Crippen molar-refractivity contribution < 1.29 is 14.3 Å². The molecular formula is C24H33N3O3. The summed E-state index contributed by atoms with van der Waals surface area (Å²) in [4.78, 5) is 29.3. The first-order valence-electron chi connectivity index (χ1n) is 11.7. The van der Waals surface area contributed by atoms with Crippen LogP contribution in [0, 0.1) is 0 Å². The summed E-state index contributed by atoms with van der Waals surface area (Å²) < 4.78 is 6.57. The number of rotatable bonds is 5. The zero-order valence-electron chi connectivity index (χ0n) is 17.8. The van der Waals surface area contributed by atoms with Gasteiger partial charge >= 0.3 is 0 Å². The number of hydrogen-bond donors (Lipinski definition) is 1. The molecule has 2 saturated heterocycles. The van der Waals surface area contributed by atoms with E-state index < -0.39 is 0 Å². The molecule has 1 aromatic carbocycles. The summed E-state index contributed by atoms with van der Waals surface area (Å²) >= 11 is 0. The van der Waals surface area contributed by atoms with Crippen molar-refractivity contribution in [2.45, 2.75) is 68.9 Å². The Hall–Kier alpha value is -2.08. The highest BCUT2D eigenvalue weighted by Gasteiger charge is 2.44. The van der Waals surface area contributed by atoms with Crippen molar-refractivity contribution in [2.24, 2.45) is 0 Å². The lowest BCUT2D eigenvalue weighted by molar-refractivity contribution is -0.132. The lowest BCUT2D eigenvalue weighted by Gasteiger charge is -2.47. The van der Waals surface area contributed by atoms with Gasteiger partial charge in [0, 0.05) is 44.6 Å². The Balaban J connectivity index is 1.23. The number of hydrogen-bond acceptors (Lipinski definition) is 4. The van der Waals surface area contributed by atoms with Gasteiger partial charge in [0.25, 0.3) is 0 Å². The van der Waals surface area contributed by atoms with E-state index in [-0.39, 0.29) is 23.3 Å². The molecule has 1 aliphatic carbocycles. The normalized spacial score (nSPS) is 25.6. The monoisotopic (exact) mass is 411 g/mol. The molecule has 3 fully saturated rings. The van der Waals surface area contributed by atoms with Gasteiger partial charge in [-0.15, -0.1) is 0 Å². The molecule has 2 amide bonds. The van der Waals surface area contributed by atoms with Gasteiger partial charge in [0.15, 0.2) is 0 Å². The number of likely N-dealkylation sites (tertiary alicyclic amines) is 2. The van der Waals surface area contributed by atoms with Gasteiger partial charge in [-0.25, -0.2) is 0 Å². The van der Waals surface area contributed by atoms with Crippen LogP contribution in [0.15, 0.2) is 24.3 Å². The van der Waals surface area contributed by atoms with Crippen LogP contribution in [0.2, 0.25) is 0 Å². The van der Waals surface area contributed by atoms with Crippen molar-refractivity contribution in [2.75, 3.05) is 32.7 Å². The van der Waals surface area contributed by atoms with E-state index in [0.717, 1.165) is 76.9 Å². The van der Waals surface area contributed by atoms with Gasteiger partial charge in [-0.3, -0.25) is 14.5 Å². The van der Waals surface area contributed by atoms with E-state index in [0.29, 0.717) is 19.0 Å². The number of ether oxygens (including phenoxy) is 1. The average Bonchev–Trinajstić information content (AvgIpc) is 3.37. The van der Waals surface area contributed by atoms with Gasteiger partial charge in [-0.2, -0.15) is 0 Å². The first kappa shape index (κ1) is 19.9. The van der Waals surface area contributed by atoms with E-state index in [2.05, 4.69) is 16.3 Å². The van der Waals surface area contributed by atoms with Crippen LogP contribution >= 0.6 is 0 Å². The predicted molar refractivity (Wildman–Crippen MR) is 114 cm³/mol. The predicted octanol–water partition coefficient (Wildman–Crippen LogP) is 2.68. The summed E-state index contributed by atoms with van der Waals surface area (Å²) in [6.07, 6.45) is 7.75. The zero-order chi connectivity index (χ0) is 20.6. The van der Waals surface area contributed by atoms with Gasteiger partial charge < -0.3 is 15.0 Å². The molecule has 1 saturated carbocycles. The third-order valence-corrected chi connectivity index (χ3v) is 7.26. The van der Waals surface area contributed by atoms with Crippen LogP contribution in [0.3, 0.4) is 0 Å². The third kappa shape index (κ3) is 4.34. The van der Waals surface area contributed by atoms with Gasteiger partial charge in [0.05, 0.1) is 6.54 Å². The van der Waals surface area contributed by atoms with E-state index in [9.17, 15) is 9.59 Å². The number of amides is 2. The molecule has 0 bridgehead atoms. The SMILES string of the molecule is O=C(CC1CC2(CCN(CC(=O)N3CCCC3)CC2)Oc2ccccc21)NC1CC1. The number of carbonyl (C=O) groups excluding carboxylic acids is 2. The molecule has 5 rings (SSSR count). The van der Waals surface area contributed by atoms with Gasteiger partial charge in [0.1, 0.15) is 11.4 Å². The maximum absolute atomic E-state index is 12.5. The summed E-state index contributed by atoms with van der Waals surface area (Å²) in [6, 6.07) is 8.62. The Morgan fingerprint density at radius 1 is 1.07 bits per heavy atom. The van der Waals surface area contributed by atoms with Crippen molar-refractivity contribution in [3.63, 3.8) is 0 Å². The van der Waals surface area contributed by atoms with Gasteiger partial charge in [0.2, 0.25) is 11.8 Å². The summed E-state index contributed by atoms with van der Waals surface area (Å²) in [5.41, 5.74) is 0.951. The Morgan fingerprint density at radius 2 is 1.80 bits per heavy atom. The lowest BCUT2D eigenvalue weighted by Crippen LogP contribution is -2.52. The third-order valence-electron chi connectivity index (χ3n) is 7.26. The highest BCUT2D eigenvalue weighted by atomic mass is 16.5. The molecule has 4 aliphatic rings. The number of para-hydroxylation sites is 1. The van der Waals surface area contributed by atoms with Crippen LogP contribution < -0.4 is 10.1 Å². The van der Waals surface area contributed by atoms with Crippen molar-refractivity contribution in [3.8, 4) is 5.75 Å². The van der Waals surface area contributed by atoms with Crippen LogP contribution in [0.4, 0.5) is 0 Å². The van der Waals surface area contributed by atoms with Crippen molar-refractivity contribution in [1.29, 1.82) is 0 Å². The maximum atomic E-state index is 12.5. The molecule has 1 unspecified atom stereocenters. The highest BCUT2D eigenvalue weighted by molar-refractivity contribution is 5.78. The van der Waals surface area contributed by atoms with Crippen LogP contribution in [-0.4, -0.2) is 66.0 Å². The molecule has 3 heterocycles. The molecule has 3 aliphatic heterocycles. The quantitative estimate of drug-likeness (QED) is 0.809. The number of carbonyl (C=O) groups is 2. The fraction of sp³-hybridized carbons (Fsp3) is 0.667. The summed E-state index contributed by atoms with van der Waals surface area (Å²) in [7, 11) is 0. The number of nitrogens with zero attached hydrogens (tertiary/aromatic N) is 2. The molecule has 6 nitrogen and oxygen atoms in total. The standard InChI is InChI=1S/C24H33N3O3/c28-22(25-19-7-8-19)15-18-16-24(30-21-6-2-1-5-20(18)21)9-13-26(14-10-24)17-23(29)27-11-3-4-12-27/h1-2,5-6,18-19H,3-4,7-17H2,(H,25,28). The molecule has 0 radical (unpaired) electrons. The second-order valence-corrected chi connectivity index (χ2v) is 9.63. The fourth-order valence-electron chi connectivity index (χ4n) is 5.35. The summed E-state index contributed by atoms with van der Waals surface area (Å²) in [6.45, 7) is 4.12. The first-order chi connectivity index (χ1) is 14.6. The van der Waals surface area contributed by atoms with Crippen molar-refractivity contribution in [3.05, 3.63) is 29.8 Å². The highest BCUT2D eigenvalue weighted by Crippen LogP contribution is 2.46. The molecule has 0 aromatic heterocycles. The topological polar surface area (TPSA) is 61.9 Å². The molecular weight excluding hydrogens is 378 g/mol. The minimum Gasteiger partial charge on any atom is -0.487 e. The number of benzene rings is 1. The Bertz CT molecular complexity index is 793. The Kier molecular flexibility index (Phi) is 5.44.